The van der Waals surface area contributed by atoms with E-state index in [2.05, 4.69) is 13.8 Å². The lowest BCUT2D eigenvalue weighted by molar-refractivity contribution is 0.0497. The third kappa shape index (κ3) is 13.6. The normalized spacial score (nSPS) is 10.8. The highest BCUT2D eigenvalue weighted by Crippen LogP contribution is 2.28. The molecule has 0 aliphatic rings. The molecular weight excluding hydrogens is 400 g/mol. The number of benzene rings is 1. The minimum atomic E-state index is -0.291. The fourth-order valence-electron chi connectivity index (χ4n) is 3.82. The second-order valence-electron chi connectivity index (χ2n) is 8.80. The Bertz CT molecular complexity index is 585. The Morgan fingerprint density at radius 3 is 1.69 bits per heavy atom. The Balaban J connectivity index is 2.22. The molecule has 0 N–H and O–H groups in total. The van der Waals surface area contributed by atoms with Crippen molar-refractivity contribution in [3.63, 3.8) is 0 Å². The van der Waals surface area contributed by atoms with Crippen molar-refractivity contribution in [1.29, 1.82) is 0 Å². The molecule has 1 aromatic carbocycles. The third-order valence-electron chi connectivity index (χ3n) is 5.89. The van der Waals surface area contributed by atoms with E-state index in [9.17, 15) is 4.79 Å². The van der Waals surface area contributed by atoms with Gasteiger partial charge in [0, 0.05) is 0 Å². The standard InChI is InChI=1S/C28H48O4/c1-4-6-8-10-12-14-16-18-22-31-26-21-20-25(24-27(26)30-3)28(29)32-23-19-17-15-13-11-9-7-5-2/h20-21,24H,4-19,22-23H2,1-3H3. The molecule has 184 valence electrons. The highest BCUT2D eigenvalue weighted by atomic mass is 16.5. The Hall–Kier alpha value is -1.71. The number of ether oxygens (including phenoxy) is 3. The summed E-state index contributed by atoms with van der Waals surface area (Å²) in [5.41, 5.74) is 0.515. The lowest BCUT2D eigenvalue weighted by atomic mass is 10.1. The van der Waals surface area contributed by atoms with Crippen LogP contribution in [0, 0.1) is 0 Å². The molecule has 1 aromatic rings. The van der Waals surface area contributed by atoms with Crippen LogP contribution >= 0.6 is 0 Å². The molecule has 0 aromatic heterocycles. The fraction of sp³-hybridized carbons (Fsp3) is 0.750. The quantitative estimate of drug-likeness (QED) is 0.140. The molecule has 4 heteroatoms. The summed E-state index contributed by atoms with van der Waals surface area (Å²) in [6.45, 7) is 5.64. The number of esters is 1. The molecule has 0 saturated carbocycles. The van der Waals surface area contributed by atoms with Crippen molar-refractivity contribution in [2.75, 3.05) is 20.3 Å². The van der Waals surface area contributed by atoms with Crippen molar-refractivity contribution in [3.05, 3.63) is 23.8 Å². The molecule has 0 heterocycles. The zero-order chi connectivity index (χ0) is 23.3. The van der Waals surface area contributed by atoms with Gasteiger partial charge in [0.05, 0.1) is 25.9 Å². The Kier molecular flexibility index (Phi) is 17.6. The van der Waals surface area contributed by atoms with Gasteiger partial charge in [0.15, 0.2) is 11.5 Å². The number of unbranched alkanes of at least 4 members (excludes halogenated alkanes) is 14. The number of methoxy groups -OCH3 is 1. The van der Waals surface area contributed by atoms with Crippen LogP contribution in [-0.4, -0.2) is 26.3 Å². The number of rotatable bonds is 21. The monoisotopic (exact) mass is 448 g/mol. The molecule has 0 fully saturated rings. The van der Waals surface area contributed by atoms with E-state index >= 15 is 0 Å². The van der Waals surface area contributed by atoms with Crippen LogP contribution in [0.25, 0.3) is 0 Å². The van der Waals surface area contributed by atoms with Gasteiger partial charge in [-0.05, 0) is 31.0 Å². The van der Waals surface area contributed by atoms with Crippen LogP contribution in [0.2, 0.25) is 0 Å². The fourth-order valence-corrected chi connectivity index (χ4v) is 3.82. The zero-order valence-corrected chi connectivity index (χ0v) is 21.1. The maximum absolute atomic E-state index is 12.3. The lowest BCUT2D eigenvalue weighted by Crippen LogP contribution is -2.07. The second kappa shape index (κ2) is 19.9. The Morgan fingerprint density at radius 2 is 1.16 bits per heavy atom. The van der Waals surface area contributed by atoms with Crippen molar-refractivity contribution in [1.82, 2.24) is 0 Å². The van der Waals surface area contributed by atoms with E-state index in [1.807, 2.05) is 6.07 Å². The third-order valence-corrected chi connectivity index (χ3v) is 5.89. The first kappa shape index (κ1) is 28.3. The number of hydrogen-bond acceptors (Lipinski definition) is 4. The van der Waals surface area contributed by atoms with E-state index in [0.29, 0.717) is 30.3 Å². The highest BCUT2D eigenvalue weighted by molar-refractivity contribution is 5.90. The average Bonchev–Trinajstić information content (AvgIpc) is 2.81. The van der Waals surface area contributed by atoms with Gasteiger partial charge in [-0.15, -0.1) is 0 Å². The molecule has 0 unspecified atom stereocenters. The summed E-state index contributed by atoms with van der Waals surface area (Å²) in [7, 11) is 1.61. The van der Waals surface area contributed by atoms with Gasteiger partial charge in [0.25, 0.3) is 0 Å². The van der Waals surface area contributed by atoms with Crippen LogP contribution in [0.3, 0.4) is 0 Å². The average molecular weight is 449 g/mol. The molecule has 0 spiro atoms. The lowest BCUT2D eigenvalue weighted by Gasteiger charge is -2.12. The van der Waals surface area contributed by atoms with Crippen molar-refractivity contribution >= 4 is 5.97 Å². The molecule has 0 atom stereocenters. The van der Waals surface area contributed by atoms with Crippen LogP contribution in [0.5, 0.6) is 11.5 Å². The van der Waals surface area contributed by atoms with Crippen molar-refractivity contribution in [3.8, 4) is 11.5 Å². The molecule has 0 aliphatic heterocycles. The van der Waals surface area contributed by atoms with Gasteiger partial charge in [0.2, 0.25) is 0 Å². The van der Waals surface area contributed by atoms with E-state index in [1.165, 1.54) is 83.5 Å². The summed E-state index contributed by atoms with van der Waals surface area (Å²) < 4.78 is 16.8. The summed E-state index contributed by atoms with van der Waals surface area (Å²) in [6.07, 6.45) is 20.0. The topological polar surface area (TPSA) is 44.8 Å². The molecular formula is C28H48O4. The predicted molar refractivity (Wildman–Crippen MR) is 134 cm³/mol. The van der Waals surface area contributed by atoms with Crippen molar-refractivity contribution in [2.24, 2.45) is 0 Å². The smallest absolute Gasteiger partial charge is 0.338 e. The molecule has 0 bridgehead atoms. The maximum atomic E-state index is 12.3. The summed E-state index contributed by atoms with van der Waals surface area (Å²) >= 11 is 0. The molecule has 1 rings (SSSR count). The predicted octanol–water partition coefficient (Wildman–Crippen LogP) is 8.51. The first-order valence-electron chi connectivity index (χ1n) is 13.2. The van der Waals surface area contributed by atoms with Gasteiger partial charge in [-0.25, -0.2) is 4.79 Å². The molecule has 32 heavy (non-hydrogen) atoms. The van der Waals surface area contributed by atoms with E-state index in [4.69, 9.17) is 14.2 Å². The van der Waals surface area contributed by atoms with Gasteiger partial charge in [-0.1, -0.05) is 104 Å². The molecule has 0 saturated heterocycles. The molecule has 0 radical (unpaired) electrons. The van der Waals surface area contributed by atoms with Gasteiger partial charge in [-0.2, -0.15) is 0 Å². The van der Waals surface area contributed by atoms with Gasteiger partial charge in [0.1, 0.15) is 0 Å². The SMILES string of the molecule is CCCCCCCCCCOC(=O)c1ccc(OCCCCCCCCCC)c(OC)c1. The van der Waals surface area contributed by atoms with Crippen LogP contribution in [0.15, 0.2) is 18.2 Å². The minimum Gasteiger partial charge on any atom is -0.493 e. The Morgan fingerprint density at radius 1 is 0.656 bits per heavy atom. The Labute approximate surface area is 197 Å². The minimum absolute atomic E-state index is 0.291. The van der Waals surface area contributed by atoms with E-state index < -0.39 is 0 Å². The largest absolute Gasteiger partial charge is 0.493 e. The van der Waals surface area contributed by atoms with Crippen LogP contribution in [0.1, 0.15) is 127 Å². The van der Waals surface area contributed by atoms with Crippen LogP contribution in [-0.2, 0) is 4.74 Å². The summed E-state index contributed by atoms with van der Waals surface area (Å²) in [5, 5.41) is 0. The number of carbonyl (C=O) groups is 1. The van der Waals surface area contributed by atoms with Gasteiger partial charge in [-0.3, -0.25) is 0 Å². The van der Waals surface area contributed by atoms with Gasteiger partial charge >= 0.3 is 5.97 Å². The molecule has 4 nitrogen and oxygen atoms in total. The van der Waals surface area contributed by atoms with E-state index in [1.54, 1.807) is 19.2 Å². The summed E-state index contributed by atoms with van der Waals surface area (Å²) in [5.74, 6) is 0.988. The number of carbonyl (C=O) groups excluding carboxylic acids is 1. The van der Waals surface area contributed by atoms with Crippen LogP contribution < -0.4 is 9.47 Å². The molecule has 0 aliphatic carbocycles. The number of hydrogen-bond donors (Lipinski definition) is 0. The van der Waals surface area contributed by atoms with Crippen molar-refractivity contribution in [2.45, 2.75) is 117 Å². The van der Waals surface area contributed by atoms with Crippen molar-refractivity contribution < 1.29 is 19.0 Å². The summed E-state index contributed by atoms with van der Waals surface area (Å²) in [4.78, 5) is 12.3. The summed E-state index contributed by atoms with van der Waals surface area (Å²) in [6, 6.07) is 5.30. The van der Waals surface area contributed by atoms with E-state index in [-0.39, 0.29) is 5.97 Å². The van der Waals surface area contributed by atoms with Gasteiger partial charge < -0.3 is 14.2 Å². The first-order valence-corrected chi connectivity index (χ1v) is 13.2. The van der Waals surface area contributed by atoms with Crippen LogP contribution in [0.4, 0.5) is 0 Å². The molecule has 0 amide bonds. The second-order valence-corrected chi connectivity index (χ2v) is 8.80. The first-order chi connectivity index (χ1) is 15.7. The maximum Gasteiger partial charge on any atom is 0.338 e. The van der Waals surface area contributed by atoms with E-state index in [0.717, 1.165) is 19.3 Å². The zero-order valence-electron chi connectivity index (χ0n) is 21.1. The highest BCUT2D eigenvalue weighted by Gasteiger charge is 2.12.